The van der Waals surface area contributed by atoms with Crippen LogP contribution < -0.4 is 10.6 Å². The Kier molecular flexibility index (Phi) is 9.32. The number of para-hydroxylation sites is 2. The van der Waals surface area contributed by atoms with Crippen LogP contribution in [-0.4, -0.2) is 45.5 Å². The maximum atomic E-state index is 12.5. The van der Waals surface area contributed by atoms with Crippen molar-refractivity contribution in [1.82, 2.24) is 0 Å². The van der Waals surface area contributed by atoms with E-state index in [4.69, 9.17) is 0 Å². The number of benzene rings is 4. The first kappa shape index (κ1) is 28.8. The van der Waals surface area contributed by atoms with Crippen molar-refractivity contribution in [2.24, 2.45) is 5.41 Å². The molecule has 6 N–H and O–H groups in total. The molecule has 2 amide bonds. The number of carbonyl (C=O) groups excluding carboxylic acids is 2. The zero-order valence-electron chi connectivity index (χ0n) is 22.1. The summed E-state index contributed by atoms with van der Waals surface area (Å²) in [6.45, 7) is -1.58. The van der Waals surface area contributed by atoms with Gasteiger partial charge < -0.3 is 31.1 Å². The topological polar surface area (TPSA) is 139 Å². The van der Waals surface area contributed by atoms with Gasteiger partial charge in [0.2, 0.25) is 0 Å². The smallest absolute Gasteiger partial charge is 0.255 e. The average molecular weight is 551 g/mol. The number of nitrogens with one attached hydrogen (secondary N) is 2. The van der Waals surface area contributed by atoms with Gasteiger partial charge in [0.1, 0.15) is 16.9 Å². The largest absolute Gasteiger partial charge is 0.511 e. The van der Waals surface area contributed by atoms with Crippen LogP contribution in [0.1, 0.15) is 31.8 Å². The maximum absolute atomic E-state index is 12.5. The molecule has 41 heavy (non-hydrogen) atoms. The molecule has 0 unspecified atom stereocenters. The van der Waals surface area contributed by atoms with Gasteiger partial charge >= 0.3 is 0 Å². The summed E-state index contributed by atoms with van der Waals surface area (Å²) < 4.78 is 0. The Morgan fingerprint density at radius 1 is 0.561 bits per heavy atom. The number of hydrogen-bond acceptors (Lipinski definition) is 6. The van der Waals surface area contributed by atoms with Crippen molar-refractivity contribution in [3.8, 4) is 0 Å². The molecule has 0 aliphatic rings. The van der Waals surface area contributed by atoms with Crippen LogP contribution in [0.2, 0.25) is 0 Å². The molecule has 8 nitrogen and oxygen atoms in total. The highest BCUT2D eigenvalue weighted by Gasteiger charge is 2.38. The minimum absolute atomic E-state index is 0.305. The van der Waals surface area contributed by atoms with Crippen LogP contribution in [0, 0.1) is 5.41 Å². The lowest BCUT2D eigenvalue weighted by atomic mass is 9.83. The van der Waals surface area contributed by atoms with Crippen molar-refractivity contribution in [3.63, 3.8) is 0 Å². The van der Waals surface area contributed by atoms with E-state index < -0.39 is 30.1 Å². The second-order valence-corrected chi connectivity index (χ2v) is 9.34. The van der Waals surface area contributed by atoms with Crippen LogP contribution >= 0.6 is 0 Å². The number of aliphatic hydroxyl groups excluding tert-OH is 4. The standard InChI is InChI=1S/C33H30N2O6/c36-21-33(22-37,29(38)19-23-11-15-25(16-12-23)31(40)34-27-7-3-1-4-8-27)30(39)20-24-13-17-26(18-14-24)32(41)35-28-9-5-2-6-10-28/h1-20,36-39H,21-22H2,(H,34,40)(H,35,41). The lowest BCUT2D eigenvalue weighted by molar-refractivity contribution is 0.0487. The maximum Gasteiger partial charge on any atom is 0.255 e. The molecule has 0 heterocycles. The molecule has 0 saturated carbocycles. The molecule has 0 aliphatic carbocycles. The first-order valence-electron chi connectivity index (χ1n) is 12.8. The summed E-state index contributed by atoms with van der Waals surface area (Å²) >= 11 is 0. The molecule has 0 atom stereocenters. The fourth-order valence-electron chi connectivity index (χ4n) is 4.01. The van der Waals surface area contributed by atoms with Gasteiger partial charge in [0.25, 0.3) is 11.8 Å². The molecule has 0 aliphatic heterocycles. The monoisotopic (exact) mass is 550 g/mol. The molecule has 208 valence electrons. The molecule has 0 spiro atoms. The van der Waals surface area contributed by atoms with Crippen LogP contribution in [-0.2, 0) is 0 Å². The Morgan fingerprint density at radius 2 is 0.902 bits per heavy atom. The second kappa shape index (κ2) is 13.3. The highest BCUT2D eigenvalue weighted by atomic mass is 16.3. The number of rotatable bonds is 10. The van der Waals surface area contributed by atoms with Crippen molar-refractivity contribution in [3.05, 3.63) is 143 Å². The average Bonchev–Trinajstić information content (AvgIpc) is 3.00. The molecule has 4 rings (SSSR count). The molecule has 4 aromatic rings. The lowest BCUT2D eigenvalue weighted by Gasteiger charge is -2.28. The fourth-order valence-corrected chi connectivity index (χ4v) is 4.01. The van der Waals surface area contributed by atoms with E-state index in [1.807, 2.05) is 36.4 Å². The number of carbonyl (C=O) groups is 2. The van der Waals surface area contributed by atoms with E-state index in [9.17, 15) is 30.0 Å². The highest BCUT2D eigenvalue weighted by molar-refractivity contribution is 6.05. The Balaban J connectivity index is 1.49. The zero-order valence-corrected chi connectivity index (χ0v) is 22.1. The van der Waals surface area contributed by atoms with Crippen molar-refractivity contribution in [1.29, 1.82) is 0 Å². The molecular weight excluding hydrogens is 520 g/mol. The van der Waals surface area contributed by atoms with Gasteiger partial charge in [-0.3, -0.25) is 9.59 Å². The van der Waals surface area contributed by atoms with E-state index in [0.29, 0.717) is 33.6 Å². The molecule has 0 radical (unpaired) electrons. The van der Waals surface area contributed by atoms with Gasteiger partial charge in [0.15, 0.2) is 0 Å². The second-order valence-electron chi connectivity index (χ2n) is 9.34. The minimum atomic E-state index is -1.88. The van der Waals surface area contributed by atoms with Gasteiger partial charge in [-0.15, -0.1) is 0 Å². The van der Waals surface area contributed by atoms with Gasteiger partial charge in [0, 0.05) is 22.5 Å². The van der Waals surface area contributed by atoms with Gasteiger partial charge in [0.05, 0.1) is 13.2 Å². The summed E-state index contributed by atoms with van der Waals surface area (Å²) in [5, 5.41) is 47.6. The lowest BCUT2D eigenvalue weighted by Crippen LogP contribution is -2.34. The Hall–Kier alpha value is -5.18. The summed E-state index contributed by atoms with van der Waals surface area (Å²) in [6, 6.07) is 30.7. The Labute approximate surface area is 237 Å². The van der Waals surface area contributed by atoms with Crippen molar-refractivity contribution in [2.45, 2.75) is 0 Å². The third kappa shape index (κ3) is 7.07. The predicted octanol–water partition coefficient (Wildman–Crippen LogP) is 5.66. The molecule has 0 saturated heterocycles. The molecule has 8 heteroatoms. The van der Waals surface area contributed by atoms with Crippen LogP contribution in [0.4, 0.5) is 11.4 Å². The third-order valence-electron chi connectivity index (χ3n) is 6.54. The van der Waals surface area contributed by atoms with E-state index in [2.05, 4.69) is 10.6 Å². The van der Waals surface area contributed by atoms with E-state index in [1.165, 1.54) is 12.2 Å². The van der Waals surface area contributed by atoms with Crippen molar-refractivity contribution < 1.29 is 30.0 Å². The first-order chi connectivity index (χ1) is 19.8. The van der Waals surface area contributed by atoms with Crippen molar-refractivity contribution in [2.75, 3.05) is 23.8 Å². The molecule has 4 aromatic carbocycles. The SMILES string of the molecule is O=C(Nc1ccccc1)c1ccc(C=C(O)C(CO)(CO)C(O)=Cc2ccc(C(=O)Nc3ccccc3)cc2)cc1. The number of aliphatic hydroxyl groups is 4. The normalized spacial score (nSPS) is 12.0. The van der Waals surface area contributed by atoms with Crippen LogP contribution in [0.3, 0.4) is 0 Å². The quantitative estimate of drug-likeness (QED) is 0.141. The fraction of sp³-hybridized carbons (Fsp3) is 0.0909. The summed E-state index contributed by atoms with van der Waals surface area (Å²) in [5.74, 6) is -1.56. The van der Waals surface area contributed by atoms with Gasteiger partial charge in [-0.05, 0) is 71.8 Å². The van der Waals surface area contributed by atoms with Gasteiger partial charge in [-0.1, -0.05) is 60.7 Å². The van der Waals surface area contributed by atoms with E-state index >= 15 is 0 Å². The summed E-state index contributed by atoms with van der Waals surface area (Å²) in [6.07, 6.45) is 2.60. The third-order valence-corrected chi connectivity index (χ3v) is 6.54. The molecule has 0 fully saturated rings. The molecular formula is C33H30N2O6. The minimum Gasteiger partial charge on any atom is -0.511 e. The van der Waals surface area contributed by atoms with E-state index in [-0.39, 0.29) is 11.8 Å². The molecule has 0 bridgehead atoms. The first-order valence-corrected chi connectivity index (χ1v) is 12.8. The summed E-state index contributed by atoms with van der Waals surface area (Å²) in [7, 11) is 0. The van der Waals surface area contributed by atoms with Crippen molar-refractivity contribution >= 4 is 35.3 Å². The number of hydrogen-bond donors (Lipinski definition) is 6. The van der Waals surface area contributed by atoms with Crippen LogP contribution in [0.25, 0.3) is 12.2 Å². The van der Waals surface area contributed by atoms with E-state index in [0.717, 1.165) is 0 Å². The summed E-state index contributed by atoms with van der Waals surface area (Å²) in [5.41, 5.74) is 1.17. The van der Waals surface area contributed by atoms with Crippen LogP contribution in [0.15, 0.2) is 121 Å². The van der Waals surface area contributed by atoms with Crippen LogP contribution in [0.5, 0.6) is 0 Å². The van der Waals surface area contributed by atoms with Gasteiger partial charge in [-0.2, -0.15) is 0 Å². The number of anilines is 2. The predicted molar refractivity (Wildman–Crippen MR) is 159 cm³/mol. The highest BCUT2D eigenvalue weighted by Crippen LogP contribution is 2.34. The molecule has 0 aromatic heterocycles. The Morgan fingerprint density at radius 3 is 1.22 bits per heavy atom. The number of amides is 2. The Bertz CT molecular complexity index is 1410. The summed E-state index contributed by atoms with van der Waals surface area (Å²) in [4.78, 5) is 25.0. The zero-order chi connectivity index (χ0) is 29.2. The van der Waals surface area contributed by atoms with E-state index in [1.54, 1.807) is 72.8 Å². The van der Waals surface area contributed by atoms with Gasteiger partial charge in [-0.25, -0.2) is 0 Å².